The Bertz CT molecular complexity index is 378. The number of ketones is 1. The summed E-state index contributed by atoms with van der Waals surface area (Å²) in [5.74, 6) is 0.490. The van der Waals surface area contributed by atoms with Crippen molar-refractivity contribution in [1.82, 2.24) is 4.98 Å². The van der Waals surface area contributed by atoms with Crippen molar-refractivity contribution < 1.29 is 4.79 Å². The van der Waals surface area contributed by atoms with Crippen molar-refractivity contribution >= 4 is 5.78 Å². The zero-order valence-electron chi connectivity index (χ0n) is 9.42. The Morgan fingerprint density at radius 3 is 2.60 bits per heavy atom. The van der Waals surface area contributed by atoms with Crippen LogP contribution in [0.3, 0.4) is 0 Å². The average Bonchev–Trinajstić information content (AvgIpc) is 2.69. The highest BCUT2D eigenvalue weighted by Gasteiger charge is 2.25. The number of hydrogen-bond donors (Lipinski definition) is 0. The summed E-state index contributed by atoms with van der Waals surface area (Å²) in [5.41, 5.74) is 2.83. The normalized spacial score (nSPS) is 16.9. The fourth-order valence-electron chi connectivity index (χ4n) is 2.35. The molecule has 1 aromatic rings. The number of nitrogens with zero attached hydrogens (tertiary/aromatic N) is 1. The third-order valence-corrected chi connectivity index (χ3v) is 3.17. The second-order valence-electron chi connectivity index (χ2n) is 4.52. The van der Waals surface area contributed by atoms with Crippen LogP contribution in [0, 0.1) is 19.8 Å². The number of aryl methyl sites for hydroxylation is 2. The molecule has 0 N–H and O–H groups in total. The number of carbonyl (C=O) groups excluding carboxylic acids is 1. The largest absolute Gasteiger partial charge is 0.292 e. The van der Waals surface area contributed by atoms with E-state index in [9.17, 15) is 4.79 Å². The lowest BCUT2D eigenvalue weighted by Crippen LogP contribution is -2.14. The van der Waals surface area contributed by atoms with Gasteiger partial charge in [0.2, 0.25) is 0 Å². The van der Waals surface area contributed by atoms with Crippen LogP contribution < -0.4 is 0 Å². The monoisotopic (exact) mass is 203 g/mol. The Kier molecular flexibility index (Phi) is 2.85. The minimum absolute atomic E-state index is 0.235. The van der Waals surface area contributed by atoms with Crippen molar-refractivity contribution in [2.24, 2.45) is 5.92 Å². The highest BCUT2D eigenvalue weighted by molar-refractivity contribution is 5.97. The fraction of sp³-hybridized carbons (Fsp3) is 0.538. The van der Waals surface area contributed by atoms with Gasteiger partial charge in [0.1, 0.15) is 5.69 Å². The first-order chi connectivity index (χ1) is 7.18. The van der Waals surface area contributed by atoms with Gasteiger partial charge in [0.05, 0.1) is 0 Å². The summed E-state index contributed by atoms with van der Waals surface area (Å²) in [6.45, 7) is 3.98. The molecule has 15 heavy (non-hydrogen) atoms. The van der Waals surface area contributed by atoms with E-state index in [0.717, 1.165) is 24.0 Å². The van der Waals surface area contributed by atoms with Gasteiger partial charge < -0.3 is 0 Å². The molecule has 0 spiro atoms. The number of aromatic nitrogens is 1. The molecule has 2 nitrogen and oxygen atoms in total. The van der Waals surface area contributed by atoms with Gasteiger partial charge in [0, 0.05) is 12.1 Å². The summed E-state index contributed by atoms with van der Waals surface area (Å²) in [6.07, 6.45) is 6.28. The third-order valence-electron chi connectivity index (χ3n) is 3.17. The third kappa shape index (κ3) is 2.09. The number of carbonyl (C=O) groups is 1. The molecule has 1 aliphatic rings. The molecule has 2 rings (SSSR count). The SMILES string of the molecule is Cc1cnc(C(=O)C2CCCC2)c(C)c1. The Morgan fingerprint density at radius 1 is 1.33 bits per heavy atom. The van der Waals surface area contributed by atoms with Crippen LogP contribution in [0.2, 0.25) is 0 Å². The highest BCUT2D eigenvalue weighted by Crippen LogP contribution is 2.28. The molecule has 0 saturated heterocycles. The van der Waals surface area contributed by atoms with Gasteiger partial charge in [0.15, 0.2) is 5.78 Å². The maximum absolute atomic E-state index is 12.1. The number of rotatable bonds is 2. The molecule has 0 atom stereocenters. The minimum Gasteiger partial charge on any atom is -0.292 e. The Balaban J connectivity index is 2.24. The van der Waals surface area contributed by atoms with Crippen LogP contribution in [0.1, 0.15) is 47.3 Å². The van der Waals surface area contributed by atoms with Crippen molar-refractivity contribution in [3.8, 4) is 0 Å². The average molecular weight is 203 g/mol. The van der Waals surface area contributed by atoms with E-state index >= 15 is 0 Å². The molecule has 0 radical (unpaired) electrons. The molecule has 0 aliphatic heterocycles. The molecule has 1 aliphatic carbocycles. The lowest BCUT2D eigenvalue weighted by atomic mass is 9.97. The van der Waals surface area contributed by atoms with Crippen molar-refractivity contribution in [3.63, 3.8) is 0 Å². The second kappa shape index (κ2) is 4.13. The number of hydrogen-bond acceptors (Lipinski definition) is 2. The molecular weight excluding hydrogens is 186 g/mol. The smallest absolute Gasteiger partial charge is 0.184 e. The van der Waals surface area contributed by atoms with Gasteiger partial charge >= 0.3 is 0 Å². The predicted molar refractivity (Wildman–Crippen MR) is 60.0 cm³/mol. The van der Waals surface area contributed by atoms with E-state index in [1.807, 2.05) is 19.9 Å². The number of Topliss-reactive ketones (excluding diaryl/α,β-unsaturated/α-hetero) is 1. The Labute approximate surface area is 90.7 Å². The summed E-state index contributed by atoms with van der Waals surface area (Å²) in [6, 6.07) is 2.04. The molecule has 1 heterocycles. The van der Waals surface area contributed by atoms with Crippen LogP contribution in [-0.2, 0) is 0 Å². The zero-order valence-corrected chi connectivity index (χ0v) is 9.42. The molecular formula is C13H17NO. The van der Waals surface area contributed by atoms with Gasteiger partial charge in [0.25, 0.3) is 0 Å². The van der Waals surface area contributed by atoms with Gasteiger partial charge in [-0.3, -0.25) is 9.78 Å². The van der Waals surface area contributed by atoms with Crippen molar-refractivity contribution in [3.05, 3.63) is 29.1 Å². The molecule has 0 bridgehead atoms. The Morgan fingerprint density at radius 2 is 2.00 bits per heavy atom. The summed E-state index contributed by atoms with van der Waals surface area (Å²) in [5, 5.41) is 0. The van der Waals surface area contributed by atoms with Crippen molar-refractivity contribution in [2.45, 2.75) is 39.5 Å². The van der Waals surface area contributed by atoms with E-state index in [1.54, 1.807) is 6.20 Å². The molecule has 0 amide bonds. The summed E-state index contributed by atoms with van der Waals surface area (Å²) in [4.78, 5) is 16.4. The predicted octanol–water partition coefficient (Wildman–Crippen LogP) is 3.07. The van der Waals surface area contributed by atoms with Crippen molar-refractivity contribution in [1.29, 1.82) is 0 Å². The number of pyridine rings is 1. The second-order valence-corrected chi connectivity index (χ2v) is 4.52. The van der Waals surface area contributed by atoms with E-state index in [2.05, 4.69) is 4.98 Å². The molecule has 2 heteroatoms. The molecule has 1 saturated carbocycles. The highest BCUT2D eigenvalue weighted by atomic mass is 16.1. The molecule has 0 aromatic carbocycles. The van der Waals surface area contributed by atoms with E-state index in [-0.39, 0.29) is 11.7 Å². The molecule has 1 fully saturated rings. The summed E-state index contributed by atoms with van der Waals surface area (Å²) in [7, 11) is 0. The summed E-state index contributed by atoms with van der Waals surface area (Å²) >= 11 is 0. The van der Waals surface area contributed by atoms with Crippen molar-refractivity contribution in [2.75, 3.05) is 0 Å². The standard InChI is InChI=1S/C13H17NO/c1-9-7-10(2)12(14-8-9)13(15)11-5-3-4-6-11/h7-8,11H,3-6H2,1-2H3. The van der Waals surface area contributed by atoms with Crippen LogP contribution in [-0.4, -0.2) is 10.8 Å². The fourth-order valence-corrected chi connectivity index (χ4v) is 2.35. The maximum atomic E-state index is 12.1. The van der Waals surface area contributed by atoms with Crippen LogP contribution in [0.5, 0.6) is 0 Å². The quantitative estimate of drug-likeness (QED) is 0.691. The topological polar surface area (TPSA) is 30.0 Å². The lowest BCUT2D eigenvalue weighted by molar-refractivity contribution is 0.0917. The first-order valence-electron chi connectivity index (χ1n) is 5.66. The van der Waals surface area contributed by atoms with Crippen LogP contribution in [0.25, 0.3) is 0 Å². The van der Waals surface area contributed by atoms with Gasteiger partial charge in [-0.05, 0) is 37.8 Å². The van der Waals surface area contributed by atoms with Crippen LogP contribution in [0.15, 0.2) is 12.3 Å². The minimum atomic E-state index is 0.235. The van der Waals surface area contributed by atoms with E-state index < -0.39 is 0 Å². The van der Waals surface area contributed by atoms with Crippen LogP contribution >= 0.6 is 0 Å². The first kappa shape index (κ1) is 10.3. The summed E-state index contributed by atoms with van der Waals surface area (Å²) < 4.78 is 0. The Hall–Kier alpha value is -1.18. The molecule has 0 unspecified atom stereocenters. The zero-order chi connectivity index (χ0) is 10.8. The van der Waals surface area contributed by atoms with E-state index in [0.29, 0.717) is 5.69 Å². The van der Waals surface area contributed by atoms with E-state index in [4.69, 9.17) is 0 Å². The van der Waals surface area contributed by atoms with Gasteiger partial charge in [-0.2, -0.15) is 0 Å². The maximum Gasteiger partial charge on any atom is 0.184 e. The van der Waals surface area contributed by atoms with Gasteiger partial charge in [-0.1, -0.05) is 18.9 Å². The van der Waals surface area contributed by atoms with Gasteiger partial charge in [-0.15, -0.1) is 0 Å². The van der Waals surface area contributed by atoms with Gasteiger partial charge in [-0.25, -0.2) is 0 Å². The van der Waals surface area contributed by atoms with E-state index in [1.165, 1.54) is 12.8 Å². The molecule has 1 aromatic heterocycles. The van der Waals surface area contributed by atoms with Crippen LogP contribution in [0.4, 0.5) is 0 Å². The molecule has 80 valence electrons. The lowest BCUT2D eigenvalue weighted by Gasteiger charge is -2.09. The first-order valence-corrected chi connectivity index (χ1v) is 5.66.